The lowest BCUT2D eigenvalue weighted by Gasteiger charge is -2.16. The third kappa shape index (κ3) is 7.19. The molecule has 1 aliphatic heterocycles. The van der Waals surface area contributed by atoms with E-state index in [2.05, 4.69) is 48.0 Å². The maximum absolute atomic E-state index is 12.3. The van der Waals surface area contributed by atoms with E-state index in [1.807, 2.05) is 35.2 Å². The SMILES string of the molecule is CCNC(=NCc1cccc(NC(=O)N2CCCC2)c1)NCc1ccccc1C.I. The summed E-state index contributed by atoms with van der Waals surface area (Å²) in [6, 6.07) is 16.2. The van der Waals surface area contributed by atoms with Crippen LogP contribution < -0.4 is 16.0 Å². The summed E-state index contributed by atoms with van der Waals surface area (Å²) >= 11 is 0. The van der Waals surface area contributed by atoms with Crippen LogP contribution in [0.5, 0.6) is 0 Å². The second-order valence-electron chi connectivity index (χ2n) is 7.30. The Morgan fingerprint density at radius 2 is 1.83 bits per heavy atom. The molecular weight excluding hydrogens is 489 g/mol. The van der Waals surface area contributed by atoms with Crippen molar-refractivity contribution in [2.45, 2.75) is 39.8 Å². The highest BCUT2D eigenvalue weighted by Crippen LogP contribution is 2.15. The molecule has 0 saturated carbocycles. The van der Waals surface area contributed by atoms with E-state index in [1.54, 1.807) is 0 Å². The lowest BCUT2D eigenvalue weighted by molar-refractivity contribution is 0.222. The van der Waals surface area contributed by atoms with Crippen molar-refractivity contribution in [1.82, 2.24) is 15.5 Å². The molecule has 1 fully saturated rings. The van der Waals surface area contributed by atoms with Crippen molar-refractivity contribution < 1.29 is 4.79 Å². The van der Waals surface area contributed by atoms with Gasteiger partial charge in [0.2, 0.25) is 0 Å². The predicted molar refractivity (Wildman–Crippen MR) is 135 cm³/mol. The normalized spacial score (nSPS) is 13.5. The van der Waals surface area contributed by atoms with Crippen molar-refractivity contribution in [3.63, 3.8) is 0 Å². The molecule has 2 amide bonds. The number of hydrogen-bond donors (Lipinski definition) is 3. The maximum atomic E-state index is 12.3. The molecule has 0 bridgehead atoms. The monoisotopic (exact) mass is 521 g/mol. The number of aliphatic imine (C=N–C) groups is 1. The Morgan fingerprint density at radius 3 is 2.57 bits per heavy atom. The van der Waals surface area contributed by atoms with Crippen LogP contribution in [0, 0.1) is 6.92 Å². The molecule has 6 nitrogen and oxygen atoms in total. The fraction of sp³-hybridized carbons (Fsp3) is 0.391. The second-order valence-corrected chi connectivity index (χ2v) is 7.30. The van der Waals surface area contributed by atoms with Crippen LogP contribution in [0.2, 0.25) is 0 Å². The van der Waals surface area contributed by atoms with Crippen LogP contribution in [-0.4, -0.2) is 36.5 Å². The Labute approximate surface area is 196 Å². The molecule has 2 aromatic rings. The number of guanidine groups is 1. The zero-order chi connectivity index (χ0) is 20.5. The molecule has 0 atom stereocenters. The zero-order valence-electron chi connectivity index (χ0n) is 17.8. The smallest absolute Gasteiger partial charge is 0.321 e. The summed E-state index contributed by atoms with van der Waals surface area (Å²) in [6.45, 7) is 7.91. The molecule has 2 aromatic carbocycles. The van der Waals surface area contributed by atoms with Gasteiger partial charge in [-0.2, -0.15) is 0 Å². The first-order chi connectivity index (χ1) is 14.2. The van der Waals surface area contributed by atoms with Gasteiger partial charge in [-0.15, -0.1) is 24.0 Å². The summed E-state index contributed by atoms with van der Waals surface area (Å²) in [5, 5.41) is 9.68. The molecule has 1 saturated heterocycles. The van der Waals surface area contributed by atoms with Crippen LogP contribution >= 0.6 is 24.0 Å². The standard InChI is InChI=1S/C23H31N5O.HI/c1-3-24-22(26-17-20-11-5-4-9-18(20)2)25-16-19-10-8-12-21(15-19)27-23(29)28-13-6-7-14-28;/h4-5,8-12,15H,3,6-7,13-14,16-17H2,1-2H3,(H,27,29)(H2,24,25,26);1H. The molecule has 1 aliphatic rings. The summed E-state index contributed by atoms with van der Waals surface area (Å²) in [4.78, 5) is 18.9. The first kappa shape index (κ1) is 24.0. The highest BCUT2D eigenvalue weighted by Gasteiger charge is 2.17. The zero-order valence-corrected chi connectivity index (χ0v) is 20.1. The third-order valence-electron chi connectivity index (χ3n) is 5.04. The molecule has 1 heterocycles. The van der Waals surface area contributed by atoms with Crippen molar-refractivity contribution in [2.24, 2.45) is 4.99 Å². The highest BCUT2D eigenvalue weighted by atomic mass is 127. The molecule has 162 valence electrons. The molecule has 0 aromatic heterocycles. The number of nitrogens with one attached hydrogen (secondary N) is 3. The Kier molecular flexibility index (Phi) is 9.93. The van der Waals surface area contributed by atoms with Gasteiger partial charge in [0.1, 0.15) is 0 Å². The van der Waals surface area contributed by atoms with Gasteiger partial charge in [-0.3, -0.25) is 0 Å². The lowest BCUT2D eigenvalue weighted by Crippen LogP contribution is -2.36. The molecule has 0 spiro atoms. The maximum Gasteiger partial charge on any atom is 0.321 e. The second kappa shape index (κ2) is 12.4. The van der Waals surface area contributed by atoms with E-state index in [-0.39, 0.29) is 30.0 Å². The van der Waals surface area contributed by atoms with Crippen molar-refractivity contribution in [1.29, 1.82) is 0 Å². The van der Waals surface area contributed by atoms with Gasteiger partial charge in [0.15, 0.2) is 5.96 Å². The number of hydrogen-bond acceptors (Lipinski definition) is 2. The van der Waals surface area contributed by atoms with Crippen LogP contribution in [0.25, 0.3) is 0 Å². The Hall–Kier alpha value is -2.29. The van der Waals surface area contributed by atoms with Crippen molar-refractivity contribution >= 4 is 41.7 Å². The van der Waals surface area contributed by atoms with Gasteiger partial charge >= 0.3 is 6.03 Å². The van der Waals surface area contributed by atoms with Gasteiger partial charge in [-0.1, -0.05) is 36.4 Å². The first-order valence-corrected chi connectivity index (χ1v) is 10.4. The first-order valence-electron chi connectivity index (χ1n) is 10.4. The van der Waals surface area contributed by atoms with E-state index in [0.717, 1.165) is 56.2 Å². The molecule has 7 heteroatoms. The van der Waals surface area contributed by atoms with Crippen LogP contribution in [-0.2, 0) is 13.1 Å². The average Bonchev–Trinajstić information content (AvgIpc) is 3.26. The fourth-order valence-corrected chi connectivity index (χ4v) is 3.37. The summed E-state index contributed by atoms with van der Waals surface area (Å²) in [7, 11) is 0. The number of carbonyl (C=O) groups excluding carboxylic acids is 1. The Bertz CT molecular complexity index is 849. The largest absolute Gasteiger partial charge is 0.357 e. The number of nitrogens with zero attached hydrogens (tertiary/aromatic N) is 2. The molecule has 3 N–H and O–H groups in total. The van der Waals surface area contributed by atoms with Crippen molar-refractivity contribution in [2.75, 3.05) is 25.0 Å². The van der Waals surface area contributed by atoms with Crippen molar-refractivity contribution in [3.05, 3.63) is 65.2 Å². The number of halogens is 1. The number of benzene rings is 2. The molecule has 0 aliphatic carbocycles. The Balaban J connectivity index is 0.00000320. The van der Waals surface area contributed by atoms with E-state index in [0.29, 0.717) is 6.54 Å². The highest BCUT2D eigenvalue weighted by molar-refractivity contribution is 14.0. The lowest BCUT2D eigenvalue weighted by atomic mass is 10.1. The Morgan fingerprint density at radius 1 is 1.07 bits per heavy atom. The number of aryl methyl sites for hydroxylation is 1. The predicted octanol–water partition coefficient (Wildman–Crippen LogP) is 4.50. The molecular formula is C23H32IN5O. The molecule has 3 rings (SSSR count). The van der Waals surface area contributed by atoms with E-state index >= 15 is 0 Å². The topological polar surface area (TPSA) is 68.8 Å². The minimum atomic E-state index is -0.0172. The molecule has 0 unspecified atom stereocenters. The fourth-order valence-electron chi connectivity index (χ4n) is 3.37. The van der Waals surface area contributed by atoms with E-state index < -0.39 is 0 Å². The van der Waals surface area contributed by atoms with Crippen LogP contribution in [0.4, 0.5) is 10.5 Å². The third-order valence-corrected chi connectivity index (χ3v) is 5.04. The number of urea groups is 1. The van der Waals surface area contributed by atoms with Gasteiger partial charge in [-0.05, 0) is 55.5 Å². The number of rotatable bonds is 6. The van der Waals surface area contributed by atoms with Gasteiger partial charge in [-0.25, -0.2) is 9.79 Å². The van der Waals surface area contributed by atoms with E-state index in [9.17, 15) is 4.79 Å². The summed E-state index contributed by atoms with van der Waals surface area (Å²) < 4.78 is 0. The van der Waals surface area contributed by atoms with Crippen LogP contribution in [0.1, 0.15) is 36.5 Å². The van der Waals surface area contributed by atoms with Gasteiger partial charge < -0.3 is 20.9 Å². The summed E-state index contributed by atoms with van der Waals surface area (Å²) in [5.41, 5.74) is 4.38. The number of amides is 2. The molecule has 0 radical (unpaired) electrons. The molecule has 30 heavy (non-hydrogen) atoms. The number of carbonyl (C=O) groups is 1. The van der Waals surface area contributed by atoms with Gasteiger partial charge in [0.25, 0.3) is 0 Å². The quantitative estimate of drug-likeness (QED) is 0.298. The number of anilines is 1. The van der Waals surface area contributed by atoms with Crippen LogP contribution in [0.3, 0.4) is 0 Å². The minimum absolute atomic E-state index is 0. The van der Waals surface area contributed by atoms with Crippen molar-refractivity contribution in [3.8, 4) is 0 Å². The van der Waals surface area contributed by atoms with Gasteiger partial charge in [0, 0.05) is 31.9 Å². The van der Waals surface area contributed by atoms with E-state index in [1.165, 1.54) is 11.1 Å². The summed E-state index contributed by atoms with van der Waals surface area (Å²) in [5.74, 6) is 0.780. The average molecular weight is 521 g/mol. The van der Waals surface area contributed by atoms with Gasteiger partial charge in [0.05, 0.1) is 6.54 Å². The number of likely N-dealkylation sites (tertiary alicyclic amines) is 1. The minimum Gasteiger partial charge on any atom is -0.357 e. The summed E-state index contributed by atoms with van der Waals surface area (Å²) in [6.07, 6.45) is 2.18. The van der Waals surface area contributed by atoms with Crippen LogP contribution in [0.15, 0.2) is 53.5 Å². The van der Waals surface area contributed by atoms with E-state index in [4.69, 9.17) is 4.99 Å².